The number of aryl methyl sites for hydroxylation is 2. The van der Waals surface area contributed by atoms with Crippen molar-refractivity contribution in [3.05, 3.63) is 74.1 Å². The van der Waals surface area contributed by atoms with E-state index in [1.54, 1.807) is 12.3 Å². The smallest absolute Gasteiger partial charge is 0.261 e. The van der Waals surface area contributed by atoms with Crippen molar-refractivity contribution in [1.29, 1.82) is 0 Å². The molecule has 4 N–H and O–H groups in total. The second-order valence-corrected chi connectivity index (χ2v) is 10.4. The number of nitrogens with one attached hydrogen (secondary N) is 3. The Morgan fingerprint density at radius 2 is 1.89 bits per heavy atom. The summed E-state index contributed by atoms with van der Waals surface area (Å²) in [7, 11) is 2.15. The molecule has 1 aliphatic heterocycles. The average molecular weight is 551 g/mol. The third kappa shape index (κ3) is 4.91. The van der Waals surface area contributed by atoms with Gasteiger partial charge in [0.25, 0.3) is 5.56 Å². The summed E-state index contributed by atoms with van der Waals surface area (Å²) in [6.45, 7) is 8.33. The average Bonchev–Trinajstić information content (AvgIpc) is 3.29. The fraction of sp³-hybridized carbons (Fsp3) is 0.333. The van der Waals surface area contributed by atoms with Crippen molar-refractivity contribution in [2.24, 2.45) is 0 Å². The molecule has 9 heteroatoms. The molecule has 4 aromatic rings. The largest absolute Gasteiger partial charge is 0.387 e. The first-order valence-electron chi connectivity index (χ1n) is 12.1. The first-order valence-corrected chi connectivity index (χ1v) is 12.9. The Kier molecular flexibility index (Phi) is 6.87. The zero-order chi connectivity index (χ0) is 25.4. The molecule has 0 spiro atoms. The topological polar surface area (TPSA) is 100 Å². The lowest BCUT2D eigenvalue weighted by atomic mass is 10.1. The number of fused-ring (bicyclic) bond motifs is 1. The van der Waals surface area contributed by atoms with Gasteiger partial charge in [-0.15, -0.1) is 0 Å². The standard InChI is InChI=1S/C27H31BrN6O2/c1-16-4-5-18(13-20(16)28)23(35)15-30-21-6-7-29-27(36)24(21)26-31-22-14-19(12-17(2)25(22)32-26)34-10-8-33(3)9-11-34/h4-7,12-14,23,35H,8-11,15H2,1-3H3,(H,31,32)(H2,29,30,36). The number of imidazole rings is 1. The van der Waals surface area contributed by atoms with Gasteiger partial charge >= 0.3 is 0 Å². The maximum absolute atomic E-state index is 12.9. The number of nitrogens with zero attached hydrogens (tertiary/aromatic N) is 3. The summed E-state index contributed by atoms with van der Waals surface area (Å²) in [5.74, 6) is 0.501. The van der Waals surface area contributed by atoms with Gasteiger partial charge in [-0.2, -0.15) is 0 Å². The summed E-state index contributed by atoms with van der Waals surface area (Å²) in [5.41, 5.74) is 6.66. The Morgan fingerprint density at radius 1 is 1.11 bits per heavy atom. The third-order valence-electron chi connectivity index (χ3n) is 6.89. The van der Waals surface area contributed by atoms with Crippen LogP contribution in [0, 0.1) is 13.8 Å². The lowest BCUT2D eigenvalue weighted by Gasteiger charge is -2.34. The normalized spacial score (nSPS) is 15.4. The zero-order valence-corrected chi connectivity index (χ0v) is 22.3. The summed E-state index contributed by atoms with van der Waals surface area (Å²) in [6, 6.07) is 11.9. The number of aromatic amines is 2. The van der Waals surface area contributed by atoms with Crippen LogP contribution in [0.3, 0.4) is 0 Å². The molecule has 2 aromatic heterocycles. The van der Waals surface area contributed by atoms with Crippen molar-refractivity contribution >= 4 is 38.3 Å². The van der Waals surface area contributed by atoms with Gasteiger partial charge in [-0.1, -0.05) is 28.1 Å². The van der Waals surface area contributed by atoms with Gasteiger partial charge in [-0.05, 0) is 61.9 Å². The number of piperazine rings is 1. The van der Waals surface area contributed by atoms with Gasteiger partial charge in [0, 0.05) is 49.1 Å². The molecule has 0 aliphatic carbocycles. The van der Waals surface area contributed by atoms with Crippen molar-refractivity contribution in [3.8, 4) is 11.4 Å². The van der Waals surface area contributed by atoms with Crippen LogP contribution in [0.25, 0.3) is 22.4 Å². The molecular formula is C27H31BrN6O2. The van der Waals surface area contributed by atoms with Crippen LogP contribution in [0.2, 0.25) is 0 Å². The molecule has 1 fully saturated rings. The molecule has 1 aliphatic rings. The van der Waals surface area contributed by atoms with Gasteiger partial charge in [-0.25, -0.2) is 4.98 Å². The summed E-state index contributed by atoms with van der Waals surface area (Å²) >= 11 is 3.52. The molecule has 0 amide bonds. The molecule has 1 unspecified atom stereocenters. The molecule has 1 saturated heterocycles. The van der Waals surface area contributed by atoms with Crippen LogP contribution in [0.15, 0.2) is 51.9 Å². The SMILES string of the molecule is Cc1ccc(C(O)CNc2cc[nH]c(=O)c2-c2nc3c(C)cc(N4CCN(C)CC4)cc3[nH]2)cc1Br. The highest BCUT2D eigenvalue weighted by atomic mass is 79.9. The van der Waals surface area contributed by atoms with Gasteiger partial charge < -0.3 is 30.2 Å². The number of hydrogen-bond acceptors (Lipinski definition) is 6. The molecule has 36 heavy (non-hydrogen) atoms. The fourth-order valence-corrected chi connectivity index (χ4v) is 5.04. The van der Waals surface area contributed by atoms with E-state index < -0.39 is 6.10 Å². The number of pyridine rings is 1. The van der Waals surface area contributed by atoms with Crippen molar-refractivity contribution in [3.63, 3.8) is 0 Å². The van der Waals surface area contributed by atoms with E-state index in [2.05, 4.69) is 67.1 Å². The first kappa shape index (κ1) is 24.5. The minimum atomic E-state index is -0.738. The number of benzene rings is 2. The predicted molar refractivity (Wildman–Crippen MR) is 149 cm³/mol. The molecule has 0 radical (unpaired) electrons. The maximum Gasteiger partial charge on any atom is 0.261 e. The van der Waals surface area contributed by atoms with Gasteiger partial charge in [0.1, 0.15) is 11.4 Å². The van der Waals surface area contributed by atoms with Crippen LogP contribution < -0.4 is 15.8 Å². The number of aliphatic hydroxyl groups excluding tert-OH is 1. The van der Waals surface area contributed by atoms with Crippen LogP contribution in [-0.2, 0) is 0 Å². The molecule has 2 aromatic carbocycles. The Balaban J connectivity index is 1.43. The van der Waals surface area contributed by atoms with Gasteiger partial charge in [-0.3, -0.25) is 4.79 Å². The Labute approximate surface area is 218 Å². The van der Waals surface area contributed by atoms with E-state index in [9.17, 15) is 9.90 Å². The van der Waals surface area contributed by atoms with Crippen molar-refractivity contribution < 1.29 is 5.11 Å². The van der Waals surface area contributed by atoms with Crippen LogP contribution in [0.1, 0.15) is 22.8 Å². The second-order valence-electron chi connectivity index (χ2n) is 9.54. The Hall–Kier alpha value is -3.14. The molecule has 0 saturated carbocycles. The first-order chi connectivity index (χ1) is 17.3. The number of halogens is 1. The van der Waals surface area contributed by atoms with E-state index in [0.29, 0.717) is 17.1 Å². The lowest BCUT2D eigenvalue weighted by molar-refractivity contribution is 0.191. The third-order valence-corrected chi connectivity index (χ3v) is 7.75. The summed E-state index contributed by atoms with van der Waals surface area (Å²) in [5, 5.41) is 14.0. The van der Waals surface area contributed by atoms with E-state index >= 15 is 0 Å². The van der Waals surface area contributed by atoms with Crippen molar-refractivity contribution in [2.45, 2.75) is 20.0 Å². The van der Waals surface area contributed by atoms with Crippen LogP contribution >= 0.6 is 15.9 Å². The number of H-pyrrole nitrogens is 2. The van der Waals surface area contributed by atoms with Gasteiger partial charge in [0.05, 0.1) is 22.8 Å². The number of hydrogen-bond donors (Lipinski definition) is 4. The number of aliphatic hydroxyl groups is 1. The molecule has 3 heterocycles. The highest BCUT2D eigenvalue weighted by molar-refractivity contribution is 9.10. The monoisotopic (exact) mass is 550 g/mol. The van der Waals surface area contributed by atoms with Crippen molar-refractivity contribution in [2.75, 3.05) is 50.0 Å². The predicted octanol–water partition coefficient (Wildman–Crippen LogP) is 4.19. The van der Waals surface area contributed by atoms with E-state index in [1.807, 2.05) is 25.1 Å². The second kappa shape index (κ2) is 10.1. The quantitative estimate of drug-likeness (QED) is 0.287. The lowest BCUT2D eigenvalue weighted by Crippen LogP contribution is -2.44. The van der Waals surface area contributed by atoms with E-state index in [1.165, 1.54) is 0 Å². The van der Waals surface area contributed by atoms with Crippen molar-refractivity contribution in [1.82, 2.24) is 19.9 Å². The molecule has 0 bridgehead atoms. The van der Waals surface area contributed by atoms with Gasteiger partial charge in [0.15, 0.2) is 0 Å². The molecular weight excluding hydrogens is 520 g/mol. The van der Waals surface area contributed by atoms with E-state index in [-0.39, 0.29) is 12.1 Å². The van der Waals surface area contributed by atoms with Crippen LogP contribution in [0.5, 0.6) is 0 Å². The maximum atomic E-state index is 12.9. The zero-order valence-electron chi connectivity index (χ0n) is 20.7. The van der Waals surface area contributed by atoms with E-state index in [4.69, 9.17) is 4.98 Å². The molecule has 188 valence electrons. The Morgan fingerprint density at radius 3 is 2.64 bits per heavy atom. The summed E-state index contributed by atoms with van der Waals surface area (Å²) in [6.07, 6.45) is 0.862. The number of rotatable bonds is 6. The number of aromatic nitrogens is 3. The van der Waals surface area contributed by atoms with Crippen LogP contribution in [-0.4, -0.2) is 64.7 Å². The molecule has 1 atom stereocenters. The number of anilines is 2. The molecule has 8 nitrogen and oxygen atoms in total. The Bertz CT molecular complexity index is 1450. The highest BCUT2D eigenvalue weighted by Crippen LogP contribution is 2.30. The molecule has 5 rings (SSSR count). The van der Waals surface area contributed by atoms with Gasteiger partial charge in [0.2, 0.25) is 0 Å². The summed E-state index contributed by atoms with van der Waals surface area (Å²) in [4.78, 5) is 28.6. The van der Waals surface area contributed by atoms with Crippen LogP contribution in [0.4, 0.5) is 11.4 Å². The fourth-order valence-electron chi connectivity index (χ4n) is 4.64. The minimum absolute atomic E-state index is 0.247. The van der Waals surface area contributed by atoms with E-state index in [0.717, 1.165) is 64.1 Å². The number of likely N-dealkylation sites (N-methyl/N-ethyl adjacent to an activating group) is 1. The summed E-state index contributed by atoms with van der Waals surface area (Å²) < 4.78 is 0.949. The highest BCUT2D eigenvalue weighted by Gasteiger charge is 2.19. The minimum Gasteiger partial charge on any atom is -0.387 e.